The Kier molecular flexibility index (Phi) is 10.8. The van der Waals surface area contributed by atoms with E-state index in [0.29, 0.717) is 17.0 Å². The predicted octanol–water partition coefficient (Wildman–Crippen LogP) is 8.38. The lowest BCUT2D eigenvalue weighted by Crippen LogP contribution is -2.19. The second kappa shape index (κ2) is 15.0. The van der Waals surface area contributed by atoms with E-state index in [-0.39, 0.29) is 5.75 Å². The fourth-order valence-electron chi connectivity index (χ4n) is 4.67. The average molecular weight is 683 g/mol. The number of H-pyrrole nitrogens is 2. The Morgan fingerprint density at radius 1 is 0.766 bits per heavy atom. The smallest absolute Gasteiger partial charge is 0.422 e. The molecule has 9 nitrogen and oxygen atoms in total. The van der Waals surface area contributed by atoms with Crippen LogP contribution in [-0.2, 0) is 11.5 Å². The predicted molar refractivity (Wildman–Crippen MR) is 179 cm³/mol. The van der Waals surface area contributed by atoms with Gasteiger partial charge in [0.15, 0.2) is 16.9 Å². The minimum Gasteiger partial charge on any atom is -0.497 e. The van der Waals surface area contributed by atoms with Crippen LogP contribution in [0.1, 0.15) is 28.1 Å². The molecular formula is C33H33F3N6O3S2. The molecular weight excluding hydrogens is 650 g/mol. The van der Waals surface area contributed by atoms with Crippen LogP contribution in [0.3, 0.4) is 0 Å². The minimum atomic E-state index is -4.36. The third-order valence-electron chi connectivity index (χ3n) is 7.13. The number of hydrogen-bond donors (Lipinski definition) is 2. The van der Waals surface area contributed by atoms with Crippen LogP contribution in [0.15, 0.2) is 71.2 Å². The zero-order chi connectivity index (χ0) is 33.6. The van der Waals surface area contributed by atoms with E-state index in [0.717, 1.165) is 66.5 Å². The van der Waals surface area contributed by atoms with Gasteiger partial charge in [-0.05, 0) is 51.1 Å². The summed E-state index contributed by atoms with van der Waals surface area (Å²) < 4.78 is 52.4. The average Bonchev–Trinajstić information content (AvgIpc) is 3.66. The largest absolute Gasteiger partial charge is 0.497 e. The number of thioether (sulfide) groups is 2. The van der Waals surface area contributed by atoms with Gasteiger partial charge in [0.25, 0.3) is 0 Å². The maximum absolute atomic E-state index is 12.3. The highest BCUT2D eigenvalue weighted by atomic mass is 32.2. The molecule has 2 aromatic carbocycles. The van der Waals surface area contributed by atoms with Gasteiger partial charge in [-0.15, -0.1) is 0 Å². The molecule has 47 heavy (non-hydrogen) atoms. The van der Waals surface area contributed by atoms with Crippen molar-refractivity contribution in [3.05, 3.63) is 89.0 Å². The number of fused-ring (bicyclic) bond motifs is 2. The first kappa shape index (κ1) is 33.9. The zero-order valence-corrected chi connectivity index (χ0v) is 28.0. The number of hydrogen-bond acceptors (Lipinski definition) is 9. The van der Waals surface area contributed by atoms with Crippen LogP contribution >= 0.6 is 23.5 Å². The summed E-state index contributed by atoms with van der Waals surface area (Å²) in [5.41, 5.74) is 8.12. The van der Waals surface area contributed by atoms with Crippen molar-refractivity contribution >= 4 is 45.6 Å². The topological polar surface area (TPSA) is 111 Å². The molecule has 0 spiro atoms. The molecule has 0 aliphatic carbocycles. The molecule has 0 aliphatic heterocycles. The number of aromatic amines is 2. The lowest BCUT2D eigenvalue weighted by Gasteiger charge is -2.13. The Balaban J connectivity index is 0.000000185. The number of nitrogens with one attached hydrogen (secondary N) is 2. The number of imidazole rings is 2. The van der Waals surface area contributed by atoms with E-state index in [1.165, 1.54) is 24.0 Å². The number of pyridine rings is 2. The minimum absolute atomic E-state index is 0.197. The first-order chi connectivity index (χ1) is 22.5. The van der Waals surface area contributed by atoms with Crippen molar-refractivity contribution in [3.63, 3.8) is 0 Å². The zero-order valence-electron chi connectivity index (χ0n) is 26.4. The summed E-state index contributed by atoms with van der Waals surface area (Å²) in [7, 11) is 3.35. The van der Waals surface area contributed by atoms with E-state index >= 15 is 0 Å². The molecule has 2 N–H and O–H groups in total. The summed E-state index contributed by atoms with van der Waals surface area (Å²) in [4.78, 5) is 24.3. The Morgan fingerprint density at radius 2 is 1.43 bits per heavy atom. The number of aromatic nitrogens is 6. The highest BCUT2D eigenvalue weighted by Crippen LogP contribution is 2.30. The van der Waals surface area contributed by atoms with Gasteiger partial charge in [-0.2, -0.15) is 13.2 Å². The highest BCUT2D eigenvalue weighted by Gasteiger charge is 2.29. The molecule has 6 aromatic rings. The summed E-state index contributed by atoms with van der Waals surface area (Å²) in [5, 5.41) is 1.60. The maximum Gasteiger partial charge on any atom is 0.422 e. The number of alkyl halides is 3. The van der Waals surface area contributed by atoms with Gasteiger partial charge >= 0.3 is 6.18 Å². The van der Waals surface area contributed by atoms with Gasteiger partial charge in [0.05, 0.1) is 47.7 Å². The van der Waals surface area contributed by atoms with E-state index in [1.54, 1.807) is 32.9 Å². The summed E-state index contributed by atoms with van der Waals surface area (Å²) in [6.07, 6.45) is -1.06. The van der Waals surface area contributed by atoms with E-state index in [9.17, 15) is 13.2 Å². The van der Waals surface area contributed by atoms with Gasteiger partial charge in [-0.25, -0.2) is 9.97 Å². The highest BCUT2D eigenvalue weighted by molar-refractivity contribution is 7.98. The fourth-order valence-corrected chi connectivity index (χ4v) is 6.49. The molecule has 0 atom stereocenters. The number of para-hydroxylation sites is 2. The van der Waals surface area contributed by atoms with E-state index in [2.05, 4.69) is 29.9 Å². The monoisotopic (exact) mass is 682 g/mol. The second-order valence-corrected chi connectivity index (χ2v) is 12.3. The van der Waals surface area contributed by atoms with Gasteiger partial charge in [0.1, 0.15) is 17.2 Å². The van der Waals surface area contributed by atoms with Crippen molar-refractivity contribution in [3.8, 4) is 17.2 Å². The molecule has 246 valence electrons. The van der Waals surface area contributed by atoms with E-state index in [4.69, 9.17) is 14.2 Å². The Hall–Kier alpha value is -4.43. The van der Waals surface area contributed by atoms with Crippen LogP contribution in [0, 0.1) is 20.8 Å². The van der Waals surface area contributed by atoms with Crippen molar-refractivity contribution in [1.29, 1.82) is 0 Å². The quantitative estimate of drug-likeness (QED) is 0.138. The van der Waals surface area contributed by atoms with Gasteiger partial charge in [-0.1, -0.05) is 35.7 Å². The summed E-state index contributed by atoms with van der Waals surface area (Å²) in [6, 6.07) is 14.9. The number of methoxy groups -OCH3 is 2. The molecule has 0 aliphatic rings. The van der Waals surface area contributed by atoms with Crippen LogP contribution in [0.4, 0.5) is 13.2 Å². The molecule has 4 aromatic heterocycles. The van der Waals surface area contributed by atoms with Crippen LogP contribution < -0.4 is 14.2 Å². The Labute approximate surface area is 278 Å². The van der Waals surface area contributed by atoms with Gasteiger partial charge in [-0.3, -0.25) is 9.97 Å². The number of ether oxygens (including phenoxy) is 3. The molecule has 6 rings (SSSR count). The standard InChI is InChI=1S/C17H19N3O2S.C16H14F3N3OS/c1-10-8-18-15(11(2)16(10)22-4)9-23-17-19-13-6-5-12(21-3)7-14(13)20-17;1-10-13(20-7-6-14(10)23-9-16(17,18)19)8-24-15-21-11-4-2-3-5-12(11)22-15/h5-8H,9H2,1-4H3,(H,19,20);2-7H,8-9H2,1H3,(H,21,22). The summed E-state index contributed by atoms with van der Waals surface area (Å²) in [5.74, 6) is 3.14. The van der Waals surface area contributed by atoms with Crippen LogP contribution in [0.2, 0.25) is 0 Å². The molecule has 0 saturated carbocycles. The third kappa shape index (κ3) is 8.69. The normalized spacial score (nSPS) is 11.4. The third-order valence-corrected chi connectivity index (χ3v) is 8.90. The van der Waals surface area contributed by atoms with Crippen LogP contribution in [0.5, 0.6) is 17.2 Å². The van der Waals surface area contributed by atoms with E-state index < -0.39 is 12.8 Å². The lowest BCUT2D eigenvalue weighted by atomic mass is 10.1. The molecule has 0 amide bonds. The molecule has 0 unspecified atom stereocenters. The van der Waals surface area contributed by atoms with Crippen molar-refractivity contribution < 1.29 is 27.4 Å². The number of nitrogens with zero attached hydrogens (tertiary/aromatic N) is 4. The summed E-state index contributed by atoms with van der Waals surface area (Å²) in [6.45, 7) is 4.43. The Bertz CT molecular complexity index is 1950. The number of aryl methyl sites for hydroxylation is 1. The van der Waals surface area contributed by atoms with Crippen LogP contribution in [-0.4, -0.2) is 56.9 Å². The summed E-state index contributed by atoms with van der Waals surface area (Å²) >= 11 is 3.07. The number of rotatable bonds is 10. The maximum atomic E-state index is 12.3. The number of halogens is 3. The molecule has 0 saturated heterocycles. The van der Waals surface area contributed by atoms with Crippen molar-refractivity contribution in [1.82, 2.24) is 29.9 Å². The van der Waals surface area contributed by atoms with Gasteiger partial charge in [0, 0.05) is 46.7 Å². The Morgan fingerprint density at radius 3 is 2.09 bits per heavy atom. The van der Waals surface area contributed by atoms with Crippen molar-refractivity contribution in [2.24, 2.45) is 0 Å². The van der Waals surface area contributed by atoms with Gasteiger partial charge < -0.3 is 24.2 Å². The van der Waals surface area contributed by atoms with Crippen LogP contribution in [0.25, 0.3) is 22.1 Å². The van der Waals surface area contributed by atoms with Gasteiger partial charge in [0.2, 0.25) is 0 Å². The SMILES string of the molecule is COc1ccc2nc(SCc3ncc(C)c(OC)c3C)[nH]c2c1.Cc1c(OCC(F)(F)F)ccnc1CSc1nc2ccccc2[nH]1. The van der Waals surface area contributed by atoms with E-state index in [1.807, 2.05) is 62.5 Å². The molecule has 0 fully saturated rings. The number of benzene rings is 2. The second-order valence-electron chi connectivity index (χ2n) is 10.4. The van der Waals surface area contributed by atoms with Crippen molar-refractivity contribution in [2.45, 2.75) is 48.8 Å². The lowest BCUT2D eigenvalue weighted by molar-refractivity contribution is -0.153. The molecule has 4 heterocycles. The first-order valence-corrected chi connectivity index (χ1v) is 16.4. The molecule has 14 heteroatoms. The fraction of sp³-hybridized carbons (Fsp3) is 0.273. The molecule has 0 bridgehead atoms. The first-order valence-electron chi connectivity index (χ1n) is 14.4. The molecule has 0 radical (unpaired) electrons. The van der Waals surface area contributed by atoms with Crippen molar-refractivity contribution in [2.75, 3.05) is 20.8 Å².